The first kappa shape index (κ1) is 12.9. The van der Waals surface area contributed by atoms with Crippen LogP contribution < -0.4 is 5.32 Å². The largest absolute Gasteiger partial charge is 0.381 e. The second-order valence-electron chi connectivity index (χ2n) is 4.97. The second-order valence-corrected chi connectivity index (χ2v) is 5.88. The number of halogens is 1. The third kappa shape index (κ3) is 2.90. The summed E-state index contributed by atoms with van der Waals surface area (Å²) in [4.78, 5) is 4.48. The van der Waals surface area contributed by atoms with Crippen LogP contribution in [-0.2, 0) is 4.74 Å². The highest BCUT2D eigenvalue weighted by atomic mass is 79.9. The van der Waals surface area contributed by atoms with Crippen molar-refractivity contribution in [2.75, 3.05) is 18.5 Å². The number of aromatic nitrogens is 3. The van der Waals surface area contributed by atoms with Crippen molar-refractivity contribution in [1.82, 2.24) is 14.6 Å². The van der Waals surface area contributed by atoms with E-state index in [-0.39, 0.29) is 0 Å². The molecule has 1 unspecified atom stereocenters. The summed E-state index contributed by atoms with van der Waals surface area (Å²) in [6, 6.07) is 4.28. The van der Waals surface area contributed by atoms with Gasteiger partial charge < -0.3 is 10.1 Å². The van der Waals surface area contributed by atoms with E-state index >= 15 is 0 Å². The molecule has 5 nitrogen and oxygen atoms in total. The van der Waals surface area contributed by atoms with Gasteiger partial charge in [-0.1, -0.05) is 0 Å². The molecule has 19 heavy (non-hydrogen) atoms. The van der Waals surface area contributed by atoms with E-state index in [4.69, 9.17) is 4.74 Å². The predicted octanol–water partition coefficient (Wildman–Crippen LogP) is 2.72. The van der Waals surface area contributed by atoms with E-state index in [1.807, 2.05) is 18.3 Å². The third-order valence-electron chi connectivity index (χ3n) is 3.62. The fourth-order valence-corrected chi connectivity index (χ4v) is 2.78. The summed E-state index contributed by atoms with van der Waals surface area (Å²) >= 11 is 3.43. The van der Waals surface area contributed by atoms with Crippen LogP contribution in [-0.4, -0.2) is 33.9 Å². The fraction of sp³-hybridized carbons (Fsp3) is 0.538. The van der Waals surface area contributed by atoms with Gasteiger partial charge in [-0.25, -0.2) is 4.52 Å². The zero-order valence-electron chi connectivity index (χ0n) is 10.8. The van der Waals surface area contributed by atoms with Crippen molar-refractivity contribution in [1.29, 1.82) is 0 Å². The minimum atomic E-state index is 0.366. The van der Waals surface area contributed by atoms with Crippen LogP contribution in [0.3, 0.4) is 0 Å². The van der Waals surface area contributed by atoms with Crippen molar-refractivity contribution < 1.29 is 4.74 Å². The molecule has 1 saturated heterocycles. The van der Waals surface area contributed by atoms with Crippen LogP contribution in [0.5, 0.6) is 0 Å². The Morgan fingerprint density at radius 2 is 2.21 bits per heavy atom. The third-order valence-corrected chi connectivity index (χ3v) is 4.09. The predicted molar refractivity (Wildman–Crippen MR) is 77.3 cm³/mol. The van der Waals surface area contributed by atoms with E-state index in [0.717, 1.165) is 36.2 Å². The number of pyridine rings is 1. The highest BCUT2D eigenvalue weighted by Crippen LogP contribution is 2.21. The molecule has 1 aliphatic rings. The number of anilines is 1. The smallest absolute Gasteiger partial charge is 0.243 e. The maximum absolute atomic E-state index is 5.39. The molecule has 0 radical (unpaired) electrons. The standard InChI is InChI=1S/C13H17BrN4O/c1-9(10-4-6-19-7-5-10)15-13-16-12-3-2-11(14)8-18(12)17-13/h2-3,8-10H,4-7H2,1H3,(H,15,17). The lowest BCUT2D eigenvalue weighted by molar-refractivity contribution is 0.0621. The molecule has 0 aliphatic carbocycles. The number of hydrogen-bond acceptors (Lipinski definition) is 4. The lowest BCUT2D eigenvalue weighted by Gasteiger charge is -2.27. The maximum Gasteiger partial charge on any atom is 0.243 e. The van der Waals surface area contributed by atoms with Crippen LogP contribution in [0.25, 0.3) is 5.65 Å². The van der Waals surface area contributed by atoms with Crippen LogP contribution in [0.2, 0.25) is 0 Å². The zero-order chi connectivity index (χ0) is 13.2. The normalized spacial score (nSPS) is 18.6. The van der Waals surface area contributed by atoms with Crippen molar-refractivity contribution in [3.63, 3.8) is 0 Å². The number of fused-ring (bicyclic) bond motifs is 1. The molecule has 0 amide bonds. The van der Waals surface area contributed by atoms with E-state index in [2.05, 4.69) is 38.3 Å². The number of ether oxygens (including phenoxy) is 1. The van der Waals surface area contributed by atoms with Crippen LogP contribution >= 0.6 is 15.9 Å². The van der Waals surface area contributed by atoms with E-state index in [1.54, 1.807) is 4.52 Å². The molecule has 102 valence electrons. The lowest BCUT2D eigenvalue weighted by Crippen LogP contribution is -2.31. The number of nitrogens with zero attached hydrogens (tertiary/aromatic N) is 3. The van der Waals surface area contributed by atoms with Gasteiger partial charge in [0, 0.05) is 29.9 Å². The molecule has 6 heteroatoms. The second kappa shape index (κ2) is 5.46. The molecular weight excluding hydrogens is 308 g/mol. The first-order chi connectivity index (χ1) is 9.22. The van der Waals surface area contributed by atoms with Gasteiger partial charge >= 0.3 is 0 Å². The summed E-state index contributed by atoms with van der Waals surface area (Å²) in [6.45, 7) is 3.92. The van der Waals surface area contributed by atoms with Gasteiger partial charge in [0.05, 0.1) is 0 Å². The van der Waals surface area contributed by atoms with E-state index in [1.165, 1.54) is 0 Å². The van der Waals surface area contributed by atoms with Crippen molar-refractivity contribution in [3.05, 3.63) is 22.8 Å². The molecular formula is C13H17BrN4O. The number of hydrogen-bond donors (Lipinski definition) is 1. The summed E-state index contributed by atoms with van der Waals surface area (Å²) in [7, 11) is 0. The Bertz CT molecular complexity index is 565. The van der Waals surface area contributed by atoms with Crippen molar-refractivity contribution in [2.24, 2.45) is 5.92 Å². The molecule has 0 saturated carbocycles. The van der Waals surface area contributed by atoms with Gasteiger partial charge in [0.25, 0.3) is 0 Å². The van der Waals surface area contributed by atoms with E-state index in [9.17, 15) is 0 Å². The summed E-state index contributed by atoms with van der Waals surface area (Å²) in [6.07, 6.45) is 4.12. The van der Waals surface area contributed by atoms with Crippen LogP contribution in [0, 0.1) is 5.92 Å². The van der Waals surface area contributed by atoms with E-state index in [0.29, 0.717) is 17.9 Å². The minimum absolute atomic E-state index is 0.366. The Morgan fingerprint density at radius 3 is 3.00 bits per heavy atom. The molecule has 0 spiro atoms. The monoisotopic (exact) mass is 324 g/mol. The first-order valence-electron chi connectivity index (χ1n) is 6.58. The van der Waals surface area contributed by atoms with Crippen LogP contribution in [0.1, 0.15) is 19.8 Å². The lowest BCUT2D eigenvalue weighted by atomic mass is 9.93. The molecule has 1 fully saturated rings. The number of nitrogens with one attached hydrogen (secondary N) is 1. The Labute approximate surface area is 120 Å². The Kier molecular flexibility index (Phi) is 3.70. The Hall–Kier alpha value is -1.14. The van der Waals surface area contributed by atoms with E-state index < -0.39 is 0 Å². The molecule has 1 atom stereocenters. The van der Waals surface area contributed by atoms with Gasteiger partial charge in [-0.3, -0.25) is 0 Å². The molecule has 2 aromatic heterocycles. The van der Waals surface area contributed by atoms with Crippen molar-refractivity contribution >= 4 is 27.5 Å². The summed E-state index contributed by atoms with van der Waals surface area (Å²) in [5.74, 6) is 1.32. The average Bonchev–Trinajstić information content (AvgIpc) is 2.81. The molecule has 1 N–H and O–H groups in total. The topological polar surface area (TPSA) is 51.5 Å². The number of rotatable bonds is 3. The summed E-state index contributed by atoms with van der Waals surface area (Å²) in [5, 5.41) is 7.85. The Balaban J connectivity index is 1.73. The molecule has 0 aromatic carbocycles. The average molecular weight is 325 g/mol. The van der Waals surface area contributed by atoms with Gasteiger partial charge in [0.2, 0.25) is 5.95 Å². The molecule has 3 heterocycles. The molecule has 3 rings (SSSR count). The van der Waals surface area contributed by atoms with Crippen LogP contribution in [0.4, 0.5) is 5.95 Å². The first-order valence-corrected chi connectivity index (χ1v) is 7.38. The fourth-order valence-electron chi connectivity index (χ4n) is 2.46. The SMILES string of the molecule is CC(Nc1nc2ccc(Br)cn2n1)C1CCOCC1. The quantitative estimate of drug-likeness (QED) is 0.943. The van der Waals surface area contributed by atoms with Crippen LogP contribution in [0.15, 0.2) is 22.8 Å². The van der Waals surface area contributed by atoms with Crippen molar-refractivity contribution in [2.45, 2.75) is 25.8 Å². The summed E-state index contributed by atoms with van der Waals surface area (Å²) < 4.78 is 8.17. The van der Waals surface area contributed by atoms with Gasteiger partial charge in [-0.05, 0) is 53.7 Å². The van der Waals surface area contributed by atoms with Gasteiger partial charge in [-0.2, -0.15) is 4.98 Å². The van der Waals surface area contributed by atoms with Gasteiger partial charge in [-0.15, -0.1) is 5.10 Å². The Morgan fingerprint density at radius 1 is 1.42 bits per heavy atom. The maximum atomic E-state index is 5.39. The zero-order valence-corrected chi connectivity index (χ0v) is 12.4. The molecule has 0 bridgehead atoms. The van der Waals surface area contributed by atoms with Crippen molar-refractivity contribution in [3.8, 4) is 0 Å². The highest BCUT2D eigenvalue weighted by Gasteiger charge is 2.21. The molecule has 1 aliphatic heterocycles. The van der Waals surface area contributed by atoms with Gasteiger partial charge in [0.15, 0.2) is 5.65 Å². The minimum Gasteiger partial charge on any atom is -0.381 e. The van der Waals surface area contributed by atoms with Gasteiger partial charge in [0.1, 0.15) is 0 Å². The summed E-state index contributed by atoms with van der Waals surface area (Å²) in [5.41, 5.74) is 0.852. The molecule has 2 aromatic rings. The highest BCUT2D eigenvalue weighted by molar-refractivity contribution is 9.10.